The number of rotatable bonds is 4. The largest absolute Gasteiger partial charge is 0.439 e. The number of hydrogen-bond donors (Lipinski definition) is 1. The van der Waals surface area contributed by atoms with Gasteiger partial charge in [-0.2, -0.15) is 0 Å². The molecular formula is C17H18N2O. The van der Waals surface area contributed by atoms with Gasteiger partial charge in [-0.1, -0.05) is 42.5 Å². The van der Waals surface area contributed by atoms with Gasteiger partial charge in [-0.05, 0) is 37.0 Å². The number of nitrogens with two attached hydrogens (primary N) is 1. The highest BCUT2D eigenvalue weighted by molar-refractivity contribution is 5.76. The molecule has 1 heterocycles. The molecule has 3 rings (SSSR count). The summed E-state index contributed by atoms with van der Waals surface area (Å²) in [5, 5.41) is 0. The lowest BCUT2D eigenvalue weighted by molar-refractivity contribution is 0.459. The third kappa shape index (κ3) is 2.58. The monoisotopic (exact) mass is 266 g/mol. The molecule has 20 heavy (non-hydrogen) atoms. The van der Waals surface area contributed by atoms with Gasteiger partial charge in [0.05, 0.1) is 6.04 Å². The van der Waals surface area contributed by atoms with E-state index in [2.05, 4.69) is 17.1 Å². The second-order valence-electron chi connectivity index (χ2n) is 5.10. The lowest BCUT2D eigenvalue weighted by Gasteiger charge is -2.07. The molecule has 0 saturated carbocycles. The molecule has 0 bridgehead atoms. The summed E-state index contributed by atoms with van der Waals surface area (Å²) in [4.78, 5) is 4.53. The van der Waals surface area contributed by atoms with Crippen molar-refractivity contribution in [1.29, 1.82) is 0 Å². The van der Waals surface area contributed by atoms with E-state index in [4.69, 9.17) is 10.2 Å². The van der Waals surface area contributed by atoms with E-state index in [0.29, 0.717) is 5.89 Å². The van der Waals surface area contributed by atoms with Crippen molar-refractivity contribution in [3.63, 3.8) is 0 Å². The molecule has 1 aromatic heterocycles. The number of nitrogens with zero attached hydrogens (tertiary/aromatic N) is 1. The molecule has 0 amide bonds. The van der Waals surface area contributed by atoms with Crippen LogP contribution in [0.25, 0.3) is 11.1 Å². The van der Waals surface area contributed by atoms with Crippen LogP contribution < -0.4 is 5.73 Å². The molecule has 0 saturated heterocycles. The average Bonchev–Trinajstić information content (AvgIpc) is 2.91. The Labute approximate surface area is 118 Å². The summed E-state index contributed by atoms with van der Waals surface area (Å²) in [6.07, 6.45) is 1.76. The van der Waals surface area contributed by atoms with Crippen molar-refractivity contribution in [3.05, 3.63) is 65.5 Å². The van der Waals surface area contributed by atoms with Gasteiger partial charge in [-0.15, -0.1) is 0 Å². The molecule has 1 atom stereocenters. The number of aryl methyl sites for hydroxylation is 2. The Bertz CT molecular complexity index is 703. The number of benzene rings is 2. The minimum absolute atomic E-state index is 0.165. The number of aromatic nitrogens is 1. The fraction of sp³-hybridized carbons (Fsp3) is 0.235. The normalized spacial score (nSPS) is 12.7. The standard InChI is InChI=1S/C17H18N2O/c1-12-6-5-9-15-16(12)19-17(20-15)14(18)11-10-13-7-3-2-4-8-13/h2-9,14H,10-11,18H2,1H3. The number of fused-ring (bicyclic) bond motifs is 1. The lowest BCUT2D eigenvalue weighted by Crippen LogP contribution is -2.11. The van der Waals surface area contributed by atoms with Gasteiger partial charge in [0, 0.05) is 0 Å². The molecule has 0 spiro atoms. The smallest absolute Gasteiger partial charge is 0.212 e. The van der Waals surface area contributed by atoms with Crippen LogP contribution in [0.1, 0.15) is 29.5 Å². The summed E-state index contributed by atoms with van der Waals surface area (Å²) in [5.74, 6) is 0.630. The molecule has 0 radical (unpaired) electrons. The highest BCUT2D eigenvalue weighted by Gasteiger charge is 2.14. The van der Waals surface area contributed by atoms with Crippen LogP contribution in [0, 0.1) is 6.92 Å². The molecule has 1 unspecified atom stereocenters. The molecular weight excluding hydrogens is 248 g/mol. The molecule has 2 N–H and O–H groups in total. The van der Waals surface area contributed by atoms with E-state index >= 15 is 0 Å². The van der Waals surface area contributed by atoms with Gasteiger partial charge < -0.3 is 10.2 Å². The Morgan fingerprint density at radius 3 is 2.65 bits per heavy atom. The van der Waals surface area contributed by atoms with Gasteiger partial charge in [0.15, 0.2) is 5.58 Å². The number of hydrogen-bond acceptors (Lipinski definition) is 3. The first-order valence-corrected chi connectivity index (χ1v) is 6.89. The van der Waals surface area contributed by atoms with Crippen LogP contribution >= 0.6 is 0 Å². The third-order valence-electron chi connectivity index (χ3n) is 3.54. The minimum atomic E-state index is -0.165. The van der Waals surface area contributed by atoms with Gasteiger partial charge in [0.25, 0.3) is 0 Å². The summed E-state index contributed by atoms with van der Waals surface area (Å²) < 4.78 is 5.76. The van der Waals surface area contributed by atoms with Crippen LogP contribution in [-0.2, 0) is 6.42 Å². The minimum Gasteiger partial charge on any atom is -0.439 e. The van der Waals surface area contributed by atoms with Crippen LogP contribution in [0.2, 0.25) is 0 Å². The SMILES string of the molecule is Cc1cccc2oc(C(N)CCc3ccccc3)nc12. The van der Waals surface area contributed by atoms with Crippen LogP contribution in [0.4, 0.5) is 0 Å². The van der Waals surface area contributed by atoms with Crippen LogP contribution in [0.5, 0.6) is 0 Å². The van der Waals surface area contributed by atoms with Crippen molar-refractivity contribution in [3.8, 4) is 0 Å². The zero-order chi connectivity index (χ0) is 13.9. The second kappa shape index (κ2) is 5.47. The Kier molecular flexibility index (Phi) is 3.52. The molecule has 102 valence electrons. The van der Waals surface area contributed by atoms with Gasteiger partial charge in [-0.3, -0.25) is 0 Å². The second-order valence-corrected chi connectivity index (χ2v) is 5.10. The van der Waals surface area contributed by atoms with Gasteiger partial charge in [-0.25, -0.2) is 4.98 Å². The summed E-state index contributed by atoms with van der Waals surface area (Å²) in [6.45, 7) is 2.03. The highest BCUT2D eigenvalue weighted by Crippen LogP contribution is 2.23. The molecule has 0 aliphatic heterocycles. The molecule has 2 aromatic carbocycles. The quantitative estimate of drug-likeness (QED) is 0.782. The fourth-order valence-electron chi connectivity index (χ4n) is 2.35. The Balaban J connectivity index is 1.75. The lowest BCUT2D eigenvalue weighted by atomic mass is 10.1. The van der Waals surface area contributed by atoms with E-state index in [-0.39, 0.29) is 6.04 Å². The summed E-state index contributed by atoms with van der Waals surface area (Å²) in [7, 11) is 0. The summed E-state index contributed by atoms with van der Waals surface area (Å²) in [5.41, 5.74) is 10.3. The zero-order valence-corrected chi connectivity index (χ0v) is 11.5. The van der Waals surface area contributed by atoms with Gasteiger partial charge in [0.2, 0.25) is 5.89 Å². The van der Waals surface area contributed by atoms with E-state index in [0.717, 1.165) is 29.5 Å². The van der Waals surface area contributed by atoms with E-state index in [1.165, 1.54) is 5.56 Å². The topological polar surface area (TPSA) is 52.0 Å². The van der Waals surface area contributed by atoms with E-state index in [1.807, 2.05) is 43.3 Å². The van der Waals surface area contributed by atoms with Crippen LogP contribution in [-0.4, -0.2) is 4.98 Å². The maximum atomic E-state index is 6.20. The molecule has 3 aromatic rings. The average molecular weight is 266 g/mol. The van der Waals surface area contributed by atoms with E-state index in [1.54, 1.807) is 0 Å². The van der Waals surface area contributed by atoms with Crippen molar-refractivity contribution in [1.82, 2.24) is 4.98 Å². The molecule has 0 fully saturated rings. The summed E-state index contributed by atoms with van der Waals surface area (Å²) in [6, 6.07) is 16.1. The first-order chi connectivity index (χ1) is 9.74. The van der Waals surface area contributed by atoms with Crippen molar-refractivity contribution in [2.45, 2.75) is 25.8 Å². The van der Waals surface area contributed by atoms with Gasteiger partial charge >= 0.3 is 0 Å². The maximum Gasteiger partial charge on any atom is 0.212 e. The Morgan fingerprint density at radius 1 is 1.10 bits per heavy atom. The van der Waals surface area contributed by atoms with E-state index < -0.39 is 0 Å². The molecule has 0 aliphatic carbocycles. The summed E-state index contributed by atoms with van der Waals surface area (Å²) >= 11 is 0. The highest BCUT2D eigenvalue weighted by atomic mass is 16.3. The number of para-hydroxylation sites is 1. The molecule has 3 heteroatoms. The van der Waals surface area contributed by atoms with Crippen molar-refractivity contribution >= 4 is 11.1 Å². The predicted octanol–water partition coefficient (Wildman–Crippen LogP) is 3.77. The van der Waals surface area contributed by atoms with Crippen LogP contribution in [0.3, 0.4) is 0 Å². The van der Waals surface area contributed by atoms with Gasteiger partial charge in [0.1, 0.15) is 5.52 Å². The predicted molar refractivity (Wildman–Crippen MR) is 80.4 cm³/mol. The van der Waals surface area contributed by atoms with Crippen molar-refractivity contribution in [2.75, 3.05) is 0 Å². The van der Waals surface area contributed by atoms with Crippen LogP contribution in [0.15, 0.2) is 52.9 Å². The fourth-order valence-corrected chi connectivity index (χ4v) is 2.35. The molecule has 3 nitrogen and oxygen atoms in total. The first kappa shape index (κ1) is 12.9. The Morgan fingerprint density at radius 2 is 1.90 bits per heavy atom. The number of oxazole rings is 1. The van der Waals surface area contributed by atoms with E-state index in [9.17, 15) is 0 Å². The Hall–Kier alpha value is -2.13. The zero-order valence-electron chi connectivity index (χ0n) is 11.5. The van der Waals surface area contributed by atoms with Crippen molar-refractivity contribution in [2.24, 2.45) is 5.73 Å². The maximum absolute atomic E-state index is 6.20. The molecule has 0 aliphatic rings. The first-order valence-electron chi connectivity index (χ1n) is 6.89. The third-order valence-corrected chi connectivity index (χ3v) is 3.54. The van der Waals surface area contributed by atoms with Crippen molar-refractivity contribution < 1.29 is 4.42 Å².